The molecule has 0 radical (unpaired) electrons. The third-order valence-corrected chi connectivity index (χ3v) is 11.4. The van der Waals surface area contributed by atoms with Gasteiger partial charge in [0.05, 0.1) is 33.8 Å². The molecule has 6 rings (SSSR count). The largest absolute Gasteiger partial charge is 0.345 e. The van der Waals surface area contributed by atoms with Crippen molar-refractivity contribution in [3.8, 4) is 5.69 Å². The van der Waals surface area contributed by atoms with Gasteiger partial charge in [-0.1, -0.05) is 65.9 Å². The van der Waals surface area contributed by atoms with Crippen molar-refractivity contribution < 1.29 is 18.0 Å². The smallest absolute Gasteiger partial charge is 0.253 e. The molecule has 0 fully saturated rings. The molecular weight excluding hydrogens is 667 g/mol. The molecule has 5 aromatic rings. The number of hydrogen-bond acceptors (Lipinski definition) is 9. The van der Waals surface area contributed by atoms with Crippen LogP contribution in [0.4, 0.5) is 0 Å². The van der Waals surface area contributed by atoms with Gasteiger partial charge >= 0.3 is 0 Å². The van der Waals surface area contributed by atoms with Crippen LogP contribution >= 0.6 is 23.1 Å². The molecule has 3 heterocycles. The number of para-hydroxylation sites is 1. The third-order valence-electron chi connectivity index (χ3n) is 7.78. The summed E-state index contributed by atoms with van der Waals surface area (Å²) in [7, 11) is -0.713. The van der Waals surface area contributed by atoms with E-state index >= 15 is 0 Å². The highest BCUT2D eigenvalue weighted by Crippen LogP contribution is 2.35. The maximum atomic E-state index is 13.8. The molecule has 246 valence electrons. The zero-order chi connectivity index (χ0) is 33.8. The van der Waals surface area contributed by atoms with Gasteiger partial charge in [0.15, 0.2) is 11.0 Å². The van der Waals surface area contributed by atoms with Gasteiger partial charge in [0.1, 0.15) is 0 Å². The van der Waals surface area contributed by atoms with Crippen molar-refractivity contribution in [3.05, 3.63) is 124 Å². The number of aryl methyl sites for hydroxylation is 1. The predicted molar refractivity (Wildman–Crippen MR) is 187 cm³/mol. The molecule has 14 heteroatoms. The lowest BCUT2D eigenvalue weighted by atomic mass is 10.00. The molecule has 0 aliphatic carbocycles. The first-order valence-corrected chi connectivity index (χ1v) is 18.4. The molecule has 2 amide bonds. The number of rotatable bonds is 11. The Morgan fingerprint density at radius 1 is 0.958 bits per heavy atom. The zero-order valence-electron chi connectivity index (χ0n) is 26.5. The van der Waals surface area contributed by atoms with Gasteiger partial charge in [-0.2, -0.15) is 5.10 Å². The summed E-state index contributed by atoms with van der Waals surface area (Å²) in [5.74, 6) is -0.0166. The summed E-state index contributed by atoms with van der Waals surface area (Å²) in [6, 6.07) is 27.2. The molecule has 1 atom stereocenters. The fourth-order valence-electron chi connectivity index (χ4n) is 5.17. The van der Waals surface area contributed by atoms with E-state index in [0.29, 0.717) is 23.0 Å². The van der Waals surface area contributed by atoms with Gasteiger partial charge in [-0.05, 0) is 60.3 Å². The van der Waals surface area contributed by atoms with Crippen molar-refractivity contribution in [1.82, 2.24) is 29.4 Å². The predicted octanol–water partition coefficient (Wildman–Crippen LogP) is 5.29. The van der Waals surface area contributed by atoms with Gasteiger partial charge in [-0.3, -0.25) is 14.2 Å². The monoisotopic (exact) mass is 699 g/mol. The minimum atomic E-state index is -3.61. The van der Waals surface area contributed by atoms with Crippen LogP contribution in [0.2, 0.25) is 0 Å². The molecule has 1 aliphatic rings. The second kappa shape index (κ2) is 14.2. The number of aromatic nitrogens is 3. The number of amides is 2. The fourth-order valence-corrected chi connectivity index (χ4v) is 7.61. The lowest BCUT2D eigenvalue weighted by Gasteiger charge is -2.22. The Kier molecular flexibility index (Phi) is 9.87. The first-order valence-electron chi connectivity index (χ1n) is 15.0. The number of thioether (sulfide) groups is 1. The first kappa shape index (κ1) is 33.3. The van der Waals surface area contributed by atoms with Crippen LogP contribution in [0.5, 0.6) is 0 Å². The van der Waals surface area contributed by atoms with Crippen LogP contribution in [0.1, 0.15) is 44.6 Å². The van der Waals surface area contributed by atoms with Crippen LogP contribution in [-0.2, 0) is 21.4 Å². The minimum absolute atomic E-state index is 0.0447. The Hall–Kier alpha value is -4.63. The summed E-state index contributed by atoms with van der Waals surface area (Å²) >= 11 is 2.85. The molecule has 0 saturated carbocycles. The lowest BCUT2D eigenvalue weighted by molar-refractivity contribution is -0.130. The Morgan fingerprint density at radius 3 is 2.35 bits per heavy atom. The number of benzene rings is 3. The van der Waals surface area contributed by atoms with E-state index in [1.807, 2.05) is 83.6 Å². The van der Waals surface area contributed by atoms with Gasteiger partial charge in [-0.25, -0.2) is 17.7 Å². The van der Waals surface area contributed by atoms with Crippen LogP contribution in [-0.4, -0.2) is 69.9 Å². The molecule has 0 unspecified atom stereocenters. The number of nitrogens with zero attached hydrogens (tertiary/aromatic N) is 6. The topological polar surface area (TPSA) is 130 Å². The summed E-state index contributed by atoms with van der Waals surface area (Å²) in [6.07, 6.45) is 0.623. The molecule has 2 aromatic heterocycles. The van der Waals surface area contributed by atoms with Gasteiger partial charge in [-0.15, -0.1) is 21.5 Å². The Labute approximate surface area is 287 Å². The summed E-state index contributed by atoms with van der Waals surface area (Å²) in [5.41, 5.74) is 4.12. The summed E-state index contributed by atoms with van der Waals surface area (Å²) in [4.78, 5) is 27.9. The highest BCUT2D eigenvalue weighted by molar-refractivity contribution is 7.99. The van der Waals surface area contributed by atoms with E-state index in [0.717, 1.165) is 31.7 Å². The number of thiophene rings is 1. The average molecular weight is 700 g/mol. The quantitative estimate of drug-likeness (QED) is 0.186. The number of hydrogen-bond donors (Lipinski definition) is 1. The summed E-state index contributed by atoms with van der Waals surface area (Å²) < 4.78 is 27.7. The minimum Gasteiger partial charge on any atom is -0.345 e. The van der Waals surface area contributed by atoms with E-state index in [1.54, 1.807) is 16.3 Å². The summed E-state index contributed by atoms with van der Waals surface area (Å²) in [6.45, 7) is 2.08. The van der Waals surface area contributed by atoms with Crippen molar-refractivity contribution >= 4 is 50.6 Å². The van der Waals surface area contributed by atoms with Crippen molar-refractivity contribution in [2.75, 3.05) is 19.8 Å². The molecule has 0 saturated heterocycles. The van der Waals surface area contributed by atoms with Crippen molar-refractivity contribution in [2.24, 2.45) is 5.10 Å². The zero-order valence-corrected chi connectivity index (χ0v) is 28.9. The van der Waals surface area contributed by atoms with E-state index in [-0.39, 0.29) is 29.1 Å². The van der Waals surface area contributed by atoms with E-state index in [4.69, 9.17) is 5.10 Å². The number of carbonyl (C=O) groups is 2. The van der Waals surface area contributed by atoms with Crippen molar-refractivity contribution in [3.63, 3.8) is 0 Å². The third kappa shape index (κ3) is 7.11. The van der Waals surface area contributed by atoms with Gasteiger partial charge in [0.2, 0.25) is 10.0 Å². The summed E-state index contributed by atoms with van der Waals surface area (Å²) in [5, 5.41) is 20.5. The first-order chi connectivity index (χ1) is 23.1. The van der Waals surface area contributed by atoms with Crippen LogP contribution < -0.4 is 5.32 Å². The Bertz CT molecular complexity index is 2040. The maximum absolute atomic E-state index is 13.8. The average Bonchev–Trinajstić information content (AvgIpc) is 3.87. The van der Waals surface area contributed by atoms with Crippen LogP contribution in [0, 0.1) is 6.92 Å². The van der Waals surface area contributed by atoms with Crippen LogP contribution in [0.25, 0.3) is 5.69 Å². The molecule has 1 aliphatic heterocycles. The number of sulfonamides is 1. The Balaban J connectivity index is 1.19. The van der Waals surface area contributed by atoms with E-state index < -0.39 is 15.9 Å². The van der Waals surface area contributed by atoms with Gasteiger partial charge < -0.3 is 5.32 Å². The highest BCUT2D eigenvalue weighted by atomic mass is 32.2. The lowest BCUT2D eigenvalue weighted by Crippen LogP contribution is -2.28. The SMILES string of the molecule is Cc1ccc([C@H]2CC(c3cccs3)=NN2C(=O)CSc2nnc(CNC(=O)c3ccc(S(=O)(=O)N(C)C)cc3)n2-c2ccccc2)cc1. The molecular formula is C34H33N7O4S3. The highest BCUT2D eigenvalue weighted by Gasteiger charge is 2.33. The number of carbonyl (C=O) groups excluding carboxylic acids is 2. The Morgan fingerprint density at radius 2 is 1.69 bits per heavy atom. The van der Waals surface area contributed by atoms with Crippen LogP contribution in [0.15, 0.2) is 112 Å². The molecule has 48 heavy (non-hydrogen) atoms. The van der Waals surface area contributed by atoms with Gasteiger partial charge in [0, 0.05) is 31.8 Å². The maximum Gasteiger partial charge on any atom is 0.253 e. The molecule has 0 spiro atoms. The second-order valence-electron chi connectivity index (χ2n) is 11.2. The number of nitrogens with one attached hydrogen (secondary N) is 1. The molecule has 11 nitrogen and oxygen atoms in total. The van der Waals surface area contributed by atoms with Gasteiger partial charge in [0.25, 0.3) is 11.8 Å². The van der Waals surface area contributed by atoms with E-state index in [1.165, 1.54) is 50.1 Å². The molecule has 3 aromatic carbocycles. The molecule has 0 bridgehead atoms. The molecule has 1 N–H and O–H groups in total. The van der Waals surface area contributed by atoms with Crippen molar-refractivity contribution in [1.29, 1.82) is 0 Å². The standard InChI is InChI=1S/C34H33N7O4S3/c1-23-11-13-24(14-12-23)29-20-28(30-10-7-19-46-30)38-41(29)32(42)22-47-34-37-36-31(40(34)26-8-5-4-6-9-26)21-35-33(43)25-15-17-27(18-16-25)48(44,45)39(2)3/h4-19,29H,20-22H2,1-3H3,(H,35,43)/t29-/m1/s1. The normalized spacial score (nSPS) is 14.7. The van der Waals surface area contributed by atoms with Crippen LogP contribution in [0.3, 0.4) is 0 Å². The second-order valence-corrected chi connectivity index (χ2v) is 15.3. The van der Waals surface area contributed by atoms with E-state index in [9.17, 15) is 18.0 Å². The number of hydrazone groups is 1. The fraction of sp³-hybridized carbons (Fsp3) is 0.206. The van der Waals surface area contributed by atoms with Crippen molar-refractivity contribution in [2.45, 2.75) is 36.0 Å². The van der Waals surface area contributed by atoms with E-state index in [2.05, 4.69) is 15.5 Å².